The Morgan fingerprint density at radius 2 is 0.713 bits per heavy atom. The Morgan fingerprint density at radius 1 is 0.388 bits per heavy atom. The molecule has 0 amide bonds. The minimum atomic E-state index is -1.64. The van der Waals surface area contributed by atoms with Gasteiger partial charge in [-0.2, -0.15) is 0 Å². The monoisotopic (exact) mass is 1110 g/mol. The Bertz CT molecular complexity index is 1910. The Hall–Kier alpha value is -5.35. The fourth-order valence-corrected chi connectivity index (χ4v) is 7.47. The van der Waals surface area contributed by atoms with Crippen LogP contribution in [0.2, 0.25) is 0 Å². The third-order valence-electron chi connectivity index (χ3n) is 12.2. The van der Waals surface area contributed by atoms with Crippen LogP contribution in [0.25, 0.3) is 0 Å². The third kappa shape index (κ3) is 60.3. The molecular formula is C71H111NO8. The Balaban J connectivity index is 4.25. The maximum absolute atomic E-state index is 12.9. The van der Waals surface area contributed by atoms with Crippen molar-refractivity contribution in [1.82, 2.24) is 0 Å². The third-order valence-corrected chi connectivity index (χ3v) is 12.2. The number of likely N-dealkylation sites (N-methyl/N-ethyl adjacent to an activating group) is 1. The largest absolute Gasteiger partial charge is 0.545 e. The molecule has 9 heteroatoms. The van der Waals surface area contributed by atoms with Gasteiger partial charge in [-0.1, -0.05) is 229 Å². The van der Waals surface area contributed by atoms with Gasteiger partial charge in [0.25, 0.3) is 0 Å². The van der Waals surface area contributed by atoms with Crippen LogP contribution in [0.3, 0.4) is 0 Å². The van der Waals surface area contributed by atoms with E-state index in [9.17, 15) is 19.5 Å². The summed E-state index contributed by atoms with van der Waals surface area (Å²) in [5.41, 5.74) is 0. The van der Waals surface area contributed by atoms with Crippen molar-refractivity contribution in [3.05, 3.63) is 170 Å². The predicted molar refractivity (Wildman–Crippen MR) is 338 cm³/mol. The highest BCUT2D eigenvalue weighted by Gasteiger charge is 2.22. The number of rotatable bonds is 54. The van der Waals surface area contributed by atoms with Gasteiger partial charge in [0.15, 0.2) is 12.4 Å². The molecule has 0 rings (SSSR count). The number of carbonyl (C=O) groups is 3. The molecule has 2 atom stereocenters. The SMILES string of the molecule is CC/C=C\C/C=C\C/C=C\C/C=C\C/C=C\C/C=C\C/C=C\C/C=C\C/C=C\C/C=C\C/C=C\C/C=C\CCCCCCC(=O)OC(COC(=O)CCCCCCC/C=C\C/C=C\CCCC)COC(OCC[N+](C)(C)C)C(=O)[O-]. The van der Waals surface area contributed by atoms with Crippen molar-refractivity contribution in [1.29, 1.82) is 0 Å². The summed E-state index contributed by atoms with van der Waals surface area (Å²) >= 11 is 0. The number of quaternary nitrogens is 1. The van der Waals surface area contributed by atoms with E-state index in [1.54, 1.807) is 0 Å². The normalized spacial score (nSPS) is 14.0. The molecule has 0 aromatic carbocycles. The lowest BCUT2D eigenvalue weighted by atomic mass is 10.1. The smallest absolute Gasteiger partial charge is 0.306 e. The zero-order valence-electron chi connectivity index (χ0n) is 50.9. The number of carboxylic acids is 1. The van der Waals surface area contributed by atoms with E-state index >= 15 is 0 Å². The van der Waals surface area contributed by atoms with Crippen molar-refractivity contribution >= 4 is 17.9 Å². The number of carboxylic acid groups (broad SMARTS) is 1. The van der Waals surface area contributed by atoms with Crippen LogP contribution in [-0.4, -0.2) is 82.3 Å². The van der Waals surface area contributed by atoms with Crippen molar-refractivity contribution in [3.8, 4) is 0 Å². The molecule has 0 bridgehead atoms. The average molecular weight is 1110 g/mol. The number of carbonyl (C=O) groups excluding carboxylic acids is 3. The molecule has 0 aliphatic rings. The van der Waals surface area contributed by atoms with Crippen LogP contribution in [0.15, 0.2) is 170 Å². The van der Waals surface area contributed by atoms with E-state index in [2.05, 4.69) is 184 Å². The highest BCUT2D eigenvalue weighted by molar-refractivity contribution is 5.70. The maximum atomic E-state index is 12.9. The number of esters is 2. The summed E-state index contributed by atoms with van der Waals surface area (Å²) in [7, 11) is 5.89. The number of nitrogens with zero attached hydrogens (tertiary/aromatic N) is 1. The summed E-state index contributed by atoms with van der Waals surface area (Å²) in [5.74, 6) is -2.36. The summed E-state index contributed by atoms with van der Waals surface area (Å²) in [6, 6.07) is 0. The summed E-state index contributed by atoms with van der Waals surface area (Å²) < 4.78 is 22.6. The van der Waals surface area contributed by atoms with E-state index in [1.807, 2.05) is 21.1 Å². The molecule has 0 saturated heterocycles. The average Bonchev–Trinajstić information content (AvgIpc) is 3.43. The van der Waals surface area contributed by atoms with Gasteiger partial charge in [-0.15, -0.1) is 0 Å². The van der Waals surface area contributed by atoms with E-state index in [4.69, 9.17) is 18.9 Å². The lowest BCUT2D eigenvalue weighted by Gasteiger charge is -2.26. The number of hydrogen-bond acceptors (Lipinski definition) is 8. The second-order valence-corrected chi connectivity index (χ2v) is 20.9. The molecule has 9 nitrogen and oxygen atoms in total. The highest BCUT2D eigenvalue weighted by atomic mass is 16.7. The van der Waals surface area contributed by atoms with Crippen LogP contribution < -0.4 is 5.11 Å². The summed E-state index contributed by atoms with van der Waals surface area (Å²) in [6.45, 7) is 4.51. The fourth-order valence-electron chi connectivity index (χ4n) is 7.47. The molecule has 0 aromatic rings. The standard InChI is InChI=1S/C71H111NO8/c1-6-8-10-12-14-16-18-20-22-23-24-25-26-27-28-29-30-31-32-33-34-35-36-37-38-39-40-41-42-43-44-45-46-47-48-50-52-54-56-58-60-62-69(74)80-67(66-79-71(70(75)76)77-64-63-72(3,4)5)65-78-68(73)61-59-57-55-53-51-49-21-19-17-15-13-11-9-7-2/h8,10,13-16,19-22,24-25,27-28,30-31,33-34,36-37,39-40,42-43,45-46,48,50,67,71H,6-7,9,11-12,17-18,23,26,29,32,35,38,41,44,47,49,51-66H2,1-5H3/b10-8-,15-13-,16-14-,21-19-,22-20-,25-24-,28-27-,31-30-,34-33-,37-36-,40-39-,43-42-,46-45-,50-48-. The van der Waals surface area contributed by atoms with Crippen LogP contribution in [0, 0.1) is 0 Å². The molecule has 0 spiro atoms. The van der Waals surface area contributed by atoms with Crippen molar-refractivity contribution in [2.45, 2.75) is 212 Å². The minimum absolute atomic E-state index is 0.131. The van der Waals surface area contributed by atoms with Crippen molar-refractivity contribution in [3.63, 3.8) is 0 Å². The molecule has 448 valence electrons. The molecule has 0 N–H and O–H groups in total. The Kier molecular flexibility index (Phi) is 55.8. The highest BCUT2D eigenvalue weighted by Crippen LogP contribution is 2.12. The van der Waals surface area contributed by atoms with Crippen molar-refractivity contribution in [2.75, 3.05) is 47.5 Å². The first-order valence-corrected chi connectivity index (χ1v) is 30.8. The van der Waals surface area contributed by atoms with E-state index in [1.165, 1.54) is 12.8 Å². The molecule has 0 saturated carbocycles. The van der Waals surface area contributed by atoms with Crippen LogP contribution in [0.5, 0.6) is 0 Å². The molecule has 0 heterocycles. The minimum Gasteiger partial charge on any atom is -0.545 e. The van der Waals surface area contributed by atoms with E-state index in [-0.39, 0.29) is 38.6 Å². The number of hydrogen-bond donors (Lipinski definition) is 0. The number of unbranched alkanes of at least 4 members (excludes halogenated alkanes) is 11. The lowest BCUT2D eigenvalue weighted by molar-refractivity contribution is -0.870. The summed E-state index contributed by atoms with van der Waals surface area (Å²) in [4.78, 5) is 37.2. The molecule has 0 aliphatic carbocycles. The van der Waals surface area contributed by atoms with Crippen LogP contribution in [0.4, 0.5) is 0 Å². The van der Waals surface area contributed by atoms with Crippen molar-refractivity contribution in [2.24, 2.45) is 0 Å². The number of ether oxygens (including phenoxy) is 4. The summed E-state index contributed by atoms with van der Waals surface area (Å²) in [6.07, 6.45) is 87.0. The van der Waals surface area contributed by atoms with Gasteiger partial charge in [0.2, 0.25) is 0 Å². The summed E-state index contributed by atoms with van der Waals surface area (Å²) in [5, 5.41) is 11.8. The van der Waals surface area contributed by atoms with E-state index < -0.39 is 24.3 Å². The van der Waals surface area contributed by atoms with Gasteiger partial charge in [-0.05, 0) is 128 Å². The molecule has 0 aliphatic heterocycles. The second kappa shape index (κ2) is 59.8. The van der Waals surface area contributed by atoms with Crippen LogP contribution in [-0.2, 0) is 33.3 Å². The molecule has 80 heavy (non-hydrogen) atoms. The zero-order chi connectivity index (χ0) is 58.3. The lowest BCUT2D eigenvalue weighted by Crippen LogP contribution is -2.44. The number of allylic oxidation sites excluding steroid dienone is 28. The maximum Gasteiger partial charge on any atom is 0.306 e. The Labute approximate surface area is 488 Å². The van der Waals surface area contributed by atoms with E-state index in [0.29, 0.717) is 23.9 Å². The Morgan fingerprint density at radius 3 is 1.06 bits per heavy atom. The van der Waals surface area contributed by atoms with Gasteiger partial charge in [-0.25, -0.2) is 0 Å². The molecule has 0 aromatic heterocycles. The molecule has 0 fully saturated rings. The van der Waals surface area contributed by atoms with Gasteiger partial charge < -0.3 is 33.3 Å². The first kappa shape index (κ1) is 74.7. The first-order chi connectivity index (χ1) is 39.1. The molecular weight excluding hydrogens is 995 g/mol. The molecule has 2 unspecified atom stereocenters. The predicted octanol–water partition coefficient (Wildman–Crippen LogP) is 17.4. The topological polar surface area (TPSA) is 111 Å². The first-order valence-electron chi connectivity index (χ1n) is 30.8. The molecule has 0 radical (unpaired) electrons. The van der Waals surface area contributed by atoms with E-state index in [0.717, 1.165) is 148 Å². The van der Waals surface area contributed by atoms with Crippen molar-refractivity contribution < 1.29 is 42.9 Å². The van der Waals surface area contributed by atoms with Gasteiger partial charge in [0.05, 0.1) is 40.3 Å². The van der Waals surface area contributed by atoms with Gasteiger partial charge >= 0.3 is 11.9 Å². The quantitative estimate of drug-likeness (QED) is 0.0195. The number of aliphatic carboxylic acids is 1. The second-order valence-electron chi connectivity index (χ2n) is 20.9. The fraction of sp³-hybridized carbons (Fsp3) is 0.563. The van der Waals surface area contributed by atoms with Crippen LogP contribution >= 0.6 is 0 Å². The van der Waals surface area contributed by atoms with Crippen LogP contribution in [0.1, 0.15) is 200 Å². The van der Waals surface area contributed by atoms with Gasteiger partial charge in [0, 0.05) is 12.8 Å². The zero-order valence-corrected chi connectivity index (χ0v) is 50.9. The van der Waals surface area contributed by atoms with Gasteiger partial charge in [-0.3, -0.25) is 9.59 Å². The van der Waals surface area contributed by atoms with Gasteiger partial charge in [0.1, 0.15) is 13.2 Å².